The number of quaternary nitrogens is 1. The average Bonchev–Trinajstić information content (AvgIpc) is 2.74. The Kier molecular flexibility index (Phi) is 7.63. The Hall–Kier alpha value is -2.41. The molecule has 1 aromatic rings. The van der Waals surface area contributed by atoms with Crippen LogP contribution < -0.4 is 20.9 Å². The second-order valence-corrected chi connectivity index (χ2v) is 8.31. The SMILES string of the molecule is C[C@@H](C(=O)NC(=O)NC1CCCCC1)[NH+]1CCC(C(=O)Nc2ccccc2)CC1. The summed E-state index contributed by atoms with van der Waals surface area (Å²) in [6.45, 7) is 3.33. The number of hydrogen-bond donors (Lipinski definition) is 4. The molecule has 1 saturated heterocycles. The Morgan fingerprint density at radius 2 is 1.62 bits per heavy atom. The van der Waals surface area contributed by atoms with E-state index in [2.05, 4.69) is 16.0 Å². The lowest BCUT2D eigenvalue weighted by atomic mass is 9.94. The lowest BCUT2D eigenvalue weighted by molar-refractivity contribution is -0.919. The van der Waals surface area contributed by atoms with Crippen molar-refractivity contribution < 1.29 is 19.3 Å². The summed E-state index contributed by atoms with van der Waals surface area (Å²) in [4.78, 5) is 38.2. The predicted octanol–water partition coefficient (Wildman–Crippen LogP) is 1.47. The van der Waals surface area contributed by atoms with Crippen molar-refractivity contribution in [2.45, 2.75) is 64.0 Å². The van der Waals surface area contributed by atoms with Crippen LogP contribution >= 0.6 is 0 Å². The van der Waals surface area contributed by atoms with Gasteiger partial charge in [-0.1, -0.05) is 37.5 Å². The Morgan fingerprint density at radius 3 is 2.28 bits per heavy atom. The van der Waals surface area contributed by atoms with E-state index in [-0.39, 0.29) is 35.8 Å². The first-order valence-electron chi connectivity index (χ1n) is 10.8. The predicted molar refractivity (Wildman–Crippen MR) is 112 cm³/mol. The first-order valence-corrected chi connectivity index (χ1v) is 10.8. The fourth-order valence-corrected chi connectivity index (χ4v) is 4.32. The number of amides is 4. The highest BCUT2D eigenvalue weighted by Crippen LogP contribution is 2.17. The van der Waals surface area contributed by atoms with Crippen LogP contribution in [0.25, 0.3) is 0 Å². The molecule has 1 aromatic carbocycles. The second kappa shape index (κ2) is 10.4. The number of nitrogens with one attached hydrogen (secondary N) is 4. The maximum atomic E-state index is 12.5. The van der Waals surface area contributed by atoms with Gasteiger partial charge in [0.25, 0.3) is 5.91 Å². The number of rotatable bonds is 5. The van der Waals surface area contributed by atoms with E-state index < -0.39 is 0 Å². The number of carbonyl (C=O) groups excluding carboxylic acids is 3. The molecule has 1 saturated carbocycles. The minimum atomic E-state index is -0.384. The van der Waals surface area contributed by atoms with Crippen LogP contribution in [0.5, 0.6) is 0 Å². The number of benzene rings is 1. The molecule has 2 fully saturated rings. The van der Waals surface area contributed by atoms with Gasteiger partial charge < -0.3 is 15.5 Å². The zero-order valence-corrected chi connectivity index (χ0v) is 17.2. The third kappa shape index (κ3) is 6.29. The molecule has 29 heavy (non-hydrogen) atoms. The molecule has 2 aliphatic rings. The van der Waals surface area contributed by atoms with Gasteiger partial charge in [0.15, 0.2) is 6.04 Å². The number of carbonyl (C=O) groups is 3. The van der Waals surface area contributed by atoms with E-state index in [4.69, 9.17) is 0 Å². The quantitative estimate of drug-likeness (QED) is 0.602. The topological polar surface area (TPSA) is 91.7 Å². The molecule has 0 aromatic heterocycles. The molecule has 3 rings (SSSR count). The van der Waals surface area contributed by atoms with Gasteiger partial charge in [0, 0.05) is 30.5 Å². The van der Waals surface area contributed by atoms with Crippen molar-refractivity contribution >= 4 is 23.5 Å². The fraction of sp³-hybridized carbons (Fsp3) is 0.591. The summed E-state index contributed by atoms with van der Waals surface area (Å²) >= 11 is 0. The number of likely N-dealkylation sites (tertiary alicyclic amines) is 1. The van der Waals surface area contributed by atoms with E-state index in [1.54, 1.807) is 0 Å². The van der Waals surface area contributed by atoms with Crippen LogP contribution in [0.2, 0.25) is 0 Å². The van der Waals surface area contributed by atoms with Crippen LogP contribution in [-0.2, 0) is 9.59 Å². The normalized spacial score (nSPS) is 23.6. The van der Waals surface area contributed by atoms with Crippen LogP contribution in [0, 0.1) is 5.92 Å². The third-order valence-corrected chi connectivity index (χ3v) is 6.22. The van der Waals surface area contributed by atoms with Crippen molar-refractivity contribution in [3.8, 4) is 0 Å². The molecule has 0 spiro atoms. The minimum absolute atomic E-state index is 0.0381. The van der Waals surface area contributed by atoms with Gasteiger partial charge in [-0.2, -0.15) is 0 Å². The standard InChI is InChI=1S/C22H32N4O3/c1-16(20(27)25-22(29)24-19-10-6-3-7-11-19)26-14-12-17(13-15-26)21(28)23-18-8-4-2-5-9-18/h2,4-5,8-9,16-17,19H,3,6-7,10-15H2,1H3,(H,23,28)(H2,24,25,27,29)/p+1/t16-/m0/s1. The van der Waals surface area contributed by atoms with Gasteiger partial charge in [0.1, 0.15) is 0 Å². The van der Waals surface area contributed by atoms with Crippen LogP contribution in [0.15, 0.2) is 30.3 Å². The molecule has 4 N–H and O–H groups in total. The molecule has 4 amide bonds. The molecule has 1 aliphatic carbocycles. The van der Waals surface area contributed by atoms with E-state index in [0.717, 1.165) is 62.2 Å². The zero-order valence-electron chi connectivity index (χ0n) is 17.2. The number of anilines is 1. The van der Waals surface area contributed by atoms with Gasteiger partial charge in [0.2, 0.25) is 5.91 Å². The van der Waals surface area contributed by atoms with Crippen molar-refractivity contribution in [2.24, 2.45) is 5.92 Å². The Morgan fingerprint density at radius 1 is 0.966 bits per heavy atom. The molecule has 1 heterocycles. The van der Waals surface area contributed by atoms with E-state index in [1.807, 2.05) is 37.3 Å². The molecule has 0 bridgehead atoms. The van der Waals surface area contributed by atoms with E-state index in [0.29, 0.717) is 0 Å². The van der Waals surface area contributed by atoms with Crippen LogP contribution in [0.3, 0.4) is 0 Å². The molecule has 7 heteroatoms. The summed E-state index contributed by atoms with van der Waals surface area (Å²) in [5, 5.41) is 8.38. The smallest absolute Gasteiger partial charge is 0.321 e. The van der Waals surface area contributed by atoms with Gasteiger partial charge >= 0.3 is 6.03 Å². The number of imide groups is 1. The third-order valence-electron chi connectivity index (χ3n) is 6.22. The lowest BCUT2D eigenvalue weighted by Crippen LogP contribution is -3.17. The van der Waals surface area contributed by atoms with Crippen LogP contribution in [0.1, 0.15) is 51.9 Å². The van der Waals surface area contributed by atoms with Gasteiger partial charge in [-0.05, 0) is 31.9 Å². The highest BCUT2D eigenvalue weighted by molar-refractivity contribution is 5.96. The Bertz CT molecular complexity index is 695. The van der Waals surface area contributed by atoms with Gasteiger partial charge in [0.05, 0.1) is 13.1 Å². The largest absolute Gasteiger partial charge is 0.335 e. The first-order chi connectivity index (χ1) is 14.0. The highest BCUT2D eigenvalue weighted by atomic mass is 16.2. The monoisotopic (exact) mass is 401 g/mol. The zero-order chi connectivity index (χ0) is 20.6. The minimum Gasteiger partial charge on any atom is -0.335 e. The summed E-state index contributed by atoms with van der Waals surface area (Å²) in [6.07, 6.45) is 6.93. The summed E-state index contributed by atoms with van der Waals surface area (Å²) < 4.78 is 0. The Labute approximate surface area is 172 Å². The first kappa shape index (κ1) is 21.3. The van der Waals surface area contributed by atoms with Crippen LogP contribution in [-0.4, -0.2) is 43.0 Å². The fourth-order valence-electron chi connectivity index (χ4n) is 4.32. The Balaban J connectivity index is 1.40. The number of para-hydroxylation sites is 1. The summed E-state index contributed by atoms with van der Waals surface area (Å²) in [5.41, 5.74) is 0.809. The molecule has 158 valence electrons. The average molecular weight is 402 g/mol. The van der Waals surface area contributed by atoms with Gasteiger partial charge in [-0.25, -0.2) is 4.79 Å². The molecule has 1 atom stereocenters. The molecular weight excluding hydrogens is 368 g/mol. The maximum Gasteiger partial charge on any atom is 0.321 e. The molecule has 0 unspecified atom stereocenters. The number of piperidine rings is 1. The molecular formula is C22H33N4O3+. The van der Waals surface area contributed by atoms with E-state index in [1.165, 1.54) is 6.42 Å². The number of urea groups is 1. The van der Waals surface area contributed by atoms with Crippen molar-refractivity contribution in [1.82, 2.24) is 10.6 Å². The van der Waals surface area contributed by atoms with Gasteiger partial charge in [-0.3, -0.25) is 14.9 Å². The van der Waals surface area contributed by atoms with Crippen molar-refractivity contribution in [3.05, 3.63) is 30.3 Å². The summed E-state index contributed by atoms with van der Waals surface area (Å²) in [7, 11) is 0. The second-order valence-electron chi connectivity index (χ2n) is 8.31. The number of hydrogen-bond acceptors (Lipinski definition) is 3. The lowest BCUT2D eigenvalue weighted by Gasteiger charge is -2.32. The highest BCUT2D eigenvalue weighted by Gasteiger charge is 2.33. The van der Waals surface area contributed by atoms with Crippen molar-refractivity contribution in [3.63, 3.8) is 0 Å². The molecule has 7 nitrogen and oxygen atoms in total. The van der Waals surface area contributed by atoms with Crippen molar-refractivity contribution in [2.75, 3.05) is 18.4 Å². The van der Waals surface area contributed by atoms with E-state index in [9.17, 15) is 14.4 Å². The molecule has 1 aliphatic heterocycles. The maximum absolute atomic E-state index is 12.5. The van der Waals surface area contributed by atoms with Crippen molar-refractivity contribution in [1.29, 1.82) is 0 Å². The van der Waals surface area contributed by atoms with Gasteiger partial charge in [-0.15, -0.1) is 0 Å². The molecule has 0 radical (unpaired) electrons. The summed E-state index contributed by atoms with van der Waals surface area (Å²) in [5.74, 6) is -0.247. The summed E-state index contributed by atoms with van der Waals surface area (Å²) in [6, 6.07) is 8.94. The van der Waals surface area contributed by atoms with Crippen LogP contribution in [0.4, 0.5) is 10.5 Å². The van der Waals surface area contributed by atoms with E-state index >= 15 is 0 Å².